The maximum atomic E-state index is 5.79. The van der Waals surface area contributed by atoms with Crippen molar-refractivity contribution in [1.29, 1.82) is 0 Å². The molecule has 2 N–H and O–H groups in total. The Morgan fingerprint density at radius 3 is 2.53 bits per heavy atom. The lowest BCUT2D eigenvalue weighted by Gasteiger charge is -1.98. The van der Waals surface area contributed by atoms with Gasteiger partial charge in [-0.05, 0) is 24.1 Å². The lowest BCUT2D eigenvalue weighted by Crippen LogP contribution is -1.93. The van der Waals surface area contributed by atoms with E-state index >= 15 is 0 Å². The molecule has 0 amide bonds. The smallest absolute Gasteiger partial charge is 0.199 e. The molecule has 78 valence electrons. The van der Waals surface area contributed by atoms with Gasteiger partial charge >= 0.3 is 0 Å². The number of anilines is 1. The average molecular weight is 240 g/mol. The van der Waals surface area contributed by atoms with E-state index in [9.17, 15) is 0 Å². The molecule has 0 radical (unpaired) electrons. The highest BCUT2D eigenvalue weighted by Gasteiger charge is 2.01. The fraction of sp³-hybridized carbons (Fsp3) is 0.200. The maximum absolute atomic E-state index is 5.79. The van der Waals surface area contributed by atoms with Gasteiger partial charge in [-0.15, -0.1) is 0 Å². The number of rotatable bonds is 3. The Labute approximate surface area is 97.1 Å². The zero-order valence-corrected chi connectivity index (χ0v) is 9.55. The number of benzene rings is 1. The second-order valence-electron chi connectivity index (χ2n) is 3.18. The summed E-state index contributed by atoms with van der Waals surface area (Å²) < 4.78 is 4.13. The van der Waals surface area contributed by atoms with Crippen LogP contribution in [0.15, 0.2) is 24.3 Å². The van der Waals surface area contributed by atoms with Gasteiger partial charge < -0.3 is 5.73 Å². The Morgan fingerprint density at radius 1 is 1.20 bits per heavy atom. The predicted octanol–water partition coefficient (Wildman–Crippen LogP) is 2.56. The van der Waals surface area contributed by atoms with Crippen LogP contribution < -0.4 is 5.73 Å². The van der Waals surface area contributed by atoms with Gasteiger partial charge in [-0.1, -0.05) is 23.7 Å². The first kappa shape index (κ1) is 10.4. The number of hydrogen-bond donors (Lipinski definition) is 1. The van der Waals surface area contributed by atoms with Crippen LogP contribution in [-0.2, 0) is 12.8 Å². The highest BCUT2D eigenvalue weighted by Crippen LogP contribution is 2.12. The van der Waals surface area contributed by atoms with E-state index < -0.39 is 0 Å². The average Bonchev–Trinajstić information content (AvgIpc) is 2.64. The van der Waals surface area contributed by atoms with Gasteiger partial charge in [0, 0.05) is 23.0 Å². The summed E-state index contributed by atoms with van der Waals surface area (Å²) in [5, 5.41) is 1.29. The molecule has 0 unspecified atom stereocenters. The first-order valence-corrected chi connectivity index (χ1v) is 5.72. The van der Waals surface area contributed by atoms with Crippen molar-refractivity contribution in [1.82, 2.24) is 9.36 Å². The van der Waals surface area contributed by atoms with E-state index in [4.69, 9.17) is 17.3 Å². The van der Waals surface area contributed by atoms with Crippen LogP contribution in [0.2, 0.25) is 5.02 Å². The summed E-state index contributed by atoms with van der Waals surface area (Å²) in [4.78, 5) is 4.10. The van der Waals surface area contributed by atoms with Gasteiger partial charge in [0.15, 0.2) is 5.13 Å². The minimum Gasteiger partial charge on any atom is -0.374 e. The van der Waals surface area contributed by atoms with E-state index in [2.05, 4.69) is 9.36 Å². The lowest BCUT2D eigenvalue weighted by atomic mass is 10.1. The van der Waals surface area contributed by atoms with Gasteiger partial charge in [0.1, 0.15) is 5.82 Å². The molecule has 0 fully saturated rings. The van der Waals surface area contributed by atoms with E-state index in [1.54, 1.807) is 0 Å². The summed E-state index contributed by atoms with van der Waals surface area (Å²) in [6, 6.07) is 7.80. The second-order valence-corrected chi connectivity index (χ2v) is 4.40. The van der Waals surface area contributed by atoms with E-state index in [1.165, 1.54) is 17.1 Å². The number of halogens is 1. The van der Waals surface area contributed by atoms with Crippen LogP contribution >= 0.6 is 23.1 Å². The molecule has 1 heterocycles. The third-order valence-corrected chi connectivity index (χ3v) is 2.87. The molecule has 0 bridgehead atoms. The zero-order chi connectivity index (χ0) is 10.7. The van der Waals surface area contributed by atoms with E-state index in [0.29, 0.717) is 5.13 Å². The SMILES string of the molecule is Nc1nc(CCc2ccc(Cl)cc2)ns1. The van der Waals surface area contributed by atoms with Crippen LogP contribution in [0.3, 0.4) is 0 Å². The highest BCUT2D eigenvalue weighted by atomic mass is 35.5. The number of aromatic nitrogens is 2. The van der Waals surface area contributed by atoms with Crippen molar-refractivity contribution < 1.29 is 0 Å². The Morgan fingerprint density at radius 2 is 1.93 bits per heavy atom. The molecule has 0 saturated heterocycles. The van der Waals surface area contributed by atoms with Crippen molar-refractivity contribution in [2.24, 2.45) is 0 Å². The molecule has 1 aromatic heterocycles. The van der Waals surface area contributed by atoms with Crippen LogP contribution in [0.5, 0.6) is 0 Å². The Balaban J connectivity index is 1.96. The summed E-state index contributed by atoms with van der Waals surface area (Å²) in [5.41, 5.74) is 6.72. The first-order valence-electron chi connectivity index (χ1n) is 4.56. The molecule has 3 nitrogen and oxygen atoms in total. The summed E-state index contributed by atoms with van der Waals surface area (Å²) >= 11 is 7.03. The van der Waals surface area contributed by atoms with Crippen LogP contribution in [0.25, 0.3) is 0 Å². The zero-order valence-electron chi connectivity index (χ0n) is 7.98. The van der Waals surface area contributed by atoms with Crippen LogP contribution in [-0.4, -0.2) is 9.36 Å². The molecule has 2 aromatic rings. The number of nitrogens with two attached hydrogens (primary N) is 1. The molecular weight excluding hydrogens is 230 g/mol. The molecule has 0 saturated carbocycles. The van der Waals surface area contributed by atoms with Gasteiger partial charge in [-0.2, -0.15) is 4.37 Å². The summed E-state index contributed by atoms with van der Waals surface area (Å²) in [6.07, 6.45) is 1.72. The summed E-state index contributed by atoms with van der Waals surface area (Å²) in [7, 11) is 0. The van der Waals surface area contributed by atoms with Crippen molar-refractivity contribution in [2.75, 3.05) is 5.73 Å². The Bertz CT molecular complexity index is 438. The van der Waals surface area contributed by atoms with Gasteiger partial charge in [0.25, 0.3) is 0 Å². The third kappa shape index (κ3) is 2.91. The molecule has 5 heteroatoms. The number of nitrogens with zero attached hydrogens (tertiary/aromatic N) is 2. The van der Waals surface area contributed by atoms with Crippen LogP contribution in [0.1, 0.15) is 11.4 Å². The van der Waals surface area contributed by atoms with Gasteiger partial charge in [-0.25, -0.2) is 4.98 Å². The molecule has 0 aliphatic carbocycles. The highest BCUT2D eigenvalue weighted by molar-refractivity contribution is 7.09. The molecule has 1 aromatic carbocycles. The molecule has 0 atom stereocenters. The van der Waals surface area contributed by atoms with Gasteiger partial charge in [0.2, 0.25) is 0 Å². The summed E-state index contributed by atoms with van der Waals surface area (Å²) in [6.45, 7) is 0. The predicted molar refractivity (Wildman–Crippen MR) is 63.2 cm³/mol. The standard InChI is InChI=1S/C10H10ClN3S/c11-8-4-1-7(2-5-8)3-6-9-13-10(12)15-14-9/h1-2,4-5H,3,6H2,(H2,12,13,14). The minimum absolute atomic E-state index is 0.529. The number of aryl methyl sites for hydroxylation is 2. The fourth-order valence-corrected chi connectivity index (χ4v) is 1.88. The molecular formula is C10H10ClN3S. The number of nitrogen functional groups attached to an aromatic ring is 1. The fourth-order valence-electron chi connectivity index (χ4n) is 1.28. The quantitative estimate of drug-likeness (QED) is 0.896. The summed E-state index contributed by atoms with van der Waals surface area (Å²) in [5.74, 6) is 0.812. The van der Waals surface area contributed by atoms with E-state index in [-0.39, 0.29) is 0 Å². The van der Waals surface area contributed by atoms with Crippen molar-refractivity contribution >= 4 is 28.3 Å². The molecule has 2 rings (SSSR count). The monoisotopic (exact) mass is 239 g/mol. The molecule has 0 aliphatic heterocycles. The second kappa shape index (κ2) is 4.59. The minimum atomic E-state index is 0.529. The van der Waals surface area contributed by atoms with Gasteiger partial charge in [-0.3, -0.25) is 0 Å². The van der Waals surface area contributed by atoms with E-state index in [1.807, 2.05) is 24.3 Å². The Kier molecular flexibility index (Phi) is 3.18. The lowest BCUT2D eigenvalue weighted by molar-refractivity contribution is 0.891. The topological polar surface area (TPSA) is 51.8 Å². The largest absolute Gasteiger partial charge is 0.374 e. The van der Waals surface area contributed by atoms with Crippen molar-refractivity contribution in [2.45, 2.75) is 12.8 Å². The van der Waals surface area contributed by atoms with Crippen molar-refractivity contribution in [3.8, 4) is 0 Å². The van der Waals surface area contributed by atoms with Crippen LogP contribution in [0.4, 0.5) is 5.13 Å². The molecule has 0 spiro atoms. The molecule has 15 heavy (non-hydrogen) atoms. The van der Waals surface area contributed by atoms with Gasteiger partial charge in [0.05, 0.1) is 0 Å². The number of hydrogen-bond acceptors (Lipinski definition) is 4. The van der Waals surface area contributed by atoms with E-state index in [0.717, 1.165) is 23.7 Å². The van der Waals surface area contributed by atoms with Crippen molar-refractivity contribution in [3.05, 3.63) is 40.7 Å². The third-order valence-electron chi connectivity index (χ3n) is 2.03. The normalized spacial score (nSPS) is 10.5. The maximum Gasteiger partial charge on any atom is 0.199 e. The Hall–Kier alpha value is -1.13. The van der Waals surface area contributed by atoms with Crippen molar-refractivity contribution in [3.63, 3.8) is 0 Å². The first-order chi connectivity index (χ1) is 7.24. The van der Waals surface area contributed by atoms with Crippen LogP contribution in [0, 0.1) is 0 Å². The molecule has 0 aliphatic rings.